The number of halogens is 5. The van der Waals surface area contributed by atoms with Crippen LogP contribution < -0.4 is 11.1 Å². The molecule has 0 bridgehead atoms. The van der Waals surface area contributed by atoms with Gasteiger partial charge in [0.05, 0.1) is 22.0 Å². The molecule has 1 aliphatic rings. The molecule has 0 saturated carbocycles. The number of carboxylic acids is 1. The van der Waals surface area contributed by atoms with Crippen molar-refractivity contribution in [3.05, 3.63) is 57.0 Å². The first kappa shape index (κ1) is 25.5. The Bertz CT molecular complexity index is 1110. The van der Waals surface area contributed by atoms with Crippen LogP contribution in [0.25, 0.3) is 10.2 Å². The van der Waals surface area contributed by atoms with Gasteiger partial charge in [-0.2, -0.15) is 13.2 Å². The quantitative estimate of drug-likeness (QED) is 0.382. The Labute approximate surface area is 201 Å². The van der Waals surface area contributed by atoms with Crippen molar-refractivity contribution in [2.45, 2.75) is 31.1 Å². The number of rotatable bonds is 4. The molecule has 3 heterocycles. The van der Waals surface area contributed by atoms with Gasteiger partial charge in [-0.3, -0.25) is 0 Å². The number of aliphatic carboxylic acids is 1. The van der Waals surface area contributed by atoms with E-state index in [1.54, 1.807) is 11.3 Å². The van der Waals surface area contributed by atoms with Gasteiger partial charge in [-0.05, 0) is 12.0 Å². The van der Waals surface area contributed by atoms with Gasteiger partial charge >= 0.3 is 12.1 Å². The van der Waals surface area contributed by atoms with Crippen molar-refractivity contribution in [3.63, 3.8) is 0 Å². The second-order valence-corrected chi connectivity index (χ2v) is 9.04. The molecule has 2 aromatic heterocycles. The number of nitrogens with one attached hydrogen (secondary N) is 1. The van der Waals surface area contributed by atoms with E-state index in [0.29, 0.717) is 29.9 Å². The molecule has 4 rings (SSSR count). The zero-order valence-corrected chi connectivity index (χ0v) is 19.4. The van der Waals surface area contributed by atoms with E-state index in [1.165, 1.54) is 5.56 Å². The average Bonchev–Trinajstić information content (AvgIpc) is 3.09. The number of nitrogens with zero attached hydrogens (tertiary/aromatic N) is 1. The van der Waals surface area contributed by atoms with Crippen molar-refractivity contribution in [1.29, 1.82) is 0 Å². The smallest absolute Gasteiger partial charge is 0.475 e. The van der Waals surface area contributed by atoms with Gasteiger partial charge in [0, 0.05) is 36.1 Å². The standard InChI is InChI=1S/C19H19Cl2N3OS.C2HF3O2/c20-15-8-14(23-9-11-4-2-1-3-5-11)19-17(24-15)16(21)18(26-19)12-6-7-25-10-13(12)22;3-2(4,5)1(6)7/h1-5,8,12-13H,6-7,9-10,22H2,(H,23,24);(H,6,7)/t12-,13-;/m1./s1. The molecule has 0 spiro atoms. The average molecular weight is 522 g/mol. The molecule has 4 N–H and O–H groups in total. The molecule has 2 atom stereocenters. The maximum atomic E-state index is 10.6. The summed E-state index contributed by atoms with van der Waals surface area (Å²) in [4.78, 5) is 14.4. The zero-order valence-electron chi connectivity index (χ0n) is 17.0. The van der Waals surface area contributed by atoms with Crippen molar-refractivity contribution in [1.82, 2.24) is 4.98 Å². The summed E-state index contributed by atoms with van der Waals surface area (Å²) in [5.41, 5.74) is 9.15. The molecule has 1 aliphatic heterocycles. The molecule has 0 unspecified atom stereocenters. The SMILES string of the molecule is N[C@@H]1COCC[C@H]1c1sc2c(NCc3ccccc3)cc(Cl)nc2c1Cl.O=C(O)C(F)(F)F. The molecule has 6 nitrogen and oxygen atoms in total. The van der Waals surface area contributed by atoms with Crippen molar-refractivity contribution < 1.29 is 27.8 Å². The Morgan fingerprint density at radius 3 is 2.58 bits per heavy atom. The highest BCUT2D eigenvalue weighted by Gasteiger charge is 2.38. The van der Waals surface area contributed by atoms with Crippen molar-refractivity contribution in [2.75, 3.05) is 18.5 Å². The van der Waals surface area contributed by atoms with Crippen LogP contribution in [0.1, 0.15) is 22.8 Å². The van der Waals surface area contributed by atoms with Crippen LogP contribution in [0.2, 0.25) is 10.2 Å². The molecule has 0 aliphatic carbocycles. The first-order valence-electron chi connectivity index (χ1n) is 9.77. The summed E-state index contributed by atoms with van der Waals surface area (Å²) in [6.45, 7) is 1.97. The Kier molecular flexibility index (Phi) is 8.41. The maximum Gasteiger partial charge on any atom is 0.490 e. The number of anilines is 1. The van der Waals surface area contributed by atoms with Gasteiger partial charge in [0.25, 0.3) is 0 Å². The van der Waals surface area contributed by atoms with E-state index in [4.69, 9.17) is 43.6 Å². The van der Waals surface area contributed by atoms with Crippen LogP contribution in [0.3, 0.4) is 0 Å². The second-order valence-electron chi connectivity index (χ2n) is 7.23. The summed E-state index contributed by atoms with van der Waals surface area (Å²) in [6, 6.07) is 12.0. The van der Waals surface area contributed by atoms with E-state index >= 15 is 0 Å². The number of nitrogens with two attached hydrogens (primary N) is 1. The van der Waals surface area contributed by atoms with Crippen molar-refractivity contribution in [2.24, 2.45) is 5.73 Å². The third-order valence-electron chi connectivity index (χ3n) is 4.88. The number of aromatic nitrogens is 1. The highest BCUT2D eigenvalue weighted by atomic mass is 35.5. The first-order valence-corrected chi connectivity index (χ1v) is 11.3. The van der Waals surface area contributed by atoms with E-state index in [0.717, 1.165) is 27.2 Å². The van der Waals surface area contributed by atoms with E-state index < -0.39 is 12.1 Å². The number of pyridine rings is 1. The van der Waals surface area contributed by atoms with Crippen LogP contribution in [0, 0.1) is 0 Å². The van der Waals surface area contributed by atoms with Gasteiger partial charge in [-0.25, -0.2) is 9.78 Å². The summed E-state index contributed by atoms with van der Waals surface area (Å²) in [5.74, 6) is -2.57. The van der Waals surface area contributed by atoms with Crippen molar-refractivity contribution in [3.8, 4) is 0 Å². The minimum absolute atomic E-state index is 0.0505. The molecule has 33 heavy (non-hydrogen) atoms. The van der Waals surface area contributed by atoms with E-state index in [-0.39, 0.29) is 12.0 Å². The number of thiophene rings is 1. The monoisotopic (exact) mass is 521 g/mol. The molecule has 178 valence electrons. The Balaban J connectivity index is 0.000000383. The number of hydrogen-bond donors (Lipinski definition) is 3. The van der Waals surface area contributed by atoms with Gasteiger partial charge in [0.2, 0.25) is 0 Å². The molecule has 1 aromatic carbocycles. The van der Waals surface area contributed by atoms with Gasteiger partial charge in [0.1, 0.15) is 10.7 Å². The maximum absolute atomic E-state index is 10.6. The Morgan fingerprint density at radius 2 is 1.97 bits per heavy atom. The van der Waals surface area contributed by atoms with E-state index in [9.17, 15) is 13.2 Å². The number of carbonyl (C=O) groups is 1. The number of hydrogen-bond acceptors (Lipinski definition) is 6. The fraction of sp³-hybridized carbons (Fsp3) is 0.333. The molecule has 3 aromatic rings. The summed E-state index contributed by atoms with van der Waals surface area (Å²) < 4.78 is 38.2. The van der Waals surface area contributed by atoms with Crippen LogP contribution in [0.15, 0.2) is 36.4 Å². The number of fused-ring (bicyclic) bond motifs is 1. The van der Waals surface area contributed by atoms with Gasteiger partial charge in [-0.15, -0.1) is 11.3 Å². The number of alkyl halides is 3. The predicted molar refractivity (Wildman–Crippen MR) is 123 cm³/mol. The predicted octanol–water partition coefficient (Wildman–Crippen LogP) is 5.68. The lowest BCUT2D eigenvalue weighted by Crippen LogP contribution is -2.37. The third kappa shape index (κ3) is 6.48. The summed E-state index contributed by atoms with van der Waals surface area (Å²) in [6.07, 6.45) is -4.21. The van der Waals surface area contributed by atoms with Crippen molar-refractivity contribution >= 4 is 56.4 Å². The topological polar surface area (TPSA) is 97.5 Å². The lowest BCUT2D eigenvalue weighted by molar-refractivity contribution is -0.192. The summed E-state index contributed by atoms with van der Waals surface area (Å²) in [5, 5.41) is 11.7. The third-order valence-corrected chi connectivity index (χ3v) is 6.92. The molecule has 1 fully saturated rings. The molecule has 0 radical (unpaired) electrons. The minimum atomic E-state index is -5.08. The van der Waals surface area contributed by atoms with Crippen LogP contribution in [-0.2, 0) is 16.1 Å². The van der Waals surface area contributed by atoms with Crippen LogP contribution in [0.5, 0.6) is 0 Å². The van der Waals surface area contributed by atoms with Crippen LogP contribution in [-0.4, -0.2) is 41.5 Å². The Hall–Kier alpha value is -2.11. The molecular weight excluding hydrogens is 502 g/mol. The van der Waals surface area contributed by atoms with Crippen LogP contribution in [0.4, 0.5) is 18.9 Å². The summed E-state index contributed by atoms with van der Waals surface area (Å²) >= 11 is 14.6. The van der Waals surface area contributed by atoms with Crippen LogP contribution >= 0.6 is 34.5 Å². The molecular formula is C21H20Cl2F3N3O3S. The normalized spacial score (nSPS) is 18.5. The van der Waals surface area contributed by atoms with Gasteiger partial charge in [-0.1, -0.05) is 53.5 Å². The van der Waals surface area contributed by atoms with E-state index in [1.807, 2.05) is 24.3 Å². The fourth-order valence-corrected chi connectivity index (χ4v) is 5.25. The summed E-state index contributed by atoms with van der Waals surface area (Å²) in [7, 11) is 0. The first-order chi connectivity index (χ1) is 15.6. The minimum Gasteiger partial charge on any atom is -0.475 e. The second kappa shape index (κ2) is 10.9. The number of carboxylic acid groups (broad SMARTS) is 1. The van der Waals surface area contributed by atoms with Gasteiger partial charge < -0.3 is 20.9 Å². The highest BCUT2D eigenvalue weighted by Crippen LogP contribution is 2.45. The molecule has 12 heteroatoms. The largest absolute Gasteiger partial charge is 0.490 e. The molecule has 1 saturated heterocycles. The lowest BCUT2D eigenvalue weighted by Gasteiger charge is -2.28. The molecule has 0 amide bonds. The van der Waals surface area contributed by atoms with E-state index in [2.05, 4.69) is 22.4 Å². The number of benzene rings is 1. The zero-order chi connectivity index (χ0) is 24.2. The number of ether oxygens (including phenoxy) is 1. The Morgan fingerprint density at radius 1 is 1.30 bits per heavy atom. The lowest BCUT2D eigenvalue weighted by atomic mass is 9.94. The van der Waals surface area contributed by atoms with Gasteiger partial charge in [0.15, 0.2) is 0 Å². The highest BCUT2D eigenvalue weighted by molar-refractivity contribution is 7.20. The fourth-order valence-electron chi connectivity index (χ4n) is 3.27.